The fourth-order valence-corrected chi connectivity index (χ4v) is 3.71. The van der Waals surface area contributed by atoms with E-state index in [1.807, 2.05) is 42.5 Å². The minimum atomic E-state index is -0.732. The van der Waals surface area contributed by atoms with Crippen molar-refractivity contribution in [3.8, 4) is 0 Å². The van der Waals surface area contributed by atoms with Crippen LogP contribution in [0.4, 0.5) is 5.13 Å². The van der Waals surface area contributed by atoms with Crippen molar-refractivity contribution >= 4 is 45.0 Å². The van der Waals surface area contributed by atoms with Gasteiger partial charge in [0, 0.05) is 5.38 Å². The van der Waals surface area contributed by atoms with Crippen molar-refractivity contribution in [2.75, 3.05) is 11.9 Å². The molecule has 0 aliphatic heterocycles. The molecule has 2 amide bonds. The van der Waals surface area contributed by atoms with Crippen LogP contribution in [0.2, 0.25) is 0 Å². The molecule has 156 valence electrons. The lowest BCUT2D eigenvalue weighted by molar-refractivity contribution is -0.142. The first-order valence-corrected chi connectivity index (χ1v) is 10.5. The predicted octanol–water partition coefficient (Wildman–Crippen LogP) is 3.09. The first kappa shape index (κ1) is 21.4. The number of rotatable bonds is 8. The van der Waals surface area contributed by atoms with Crippen LogP contribution >= 0.6 is 11.3 Å². The summed E-state index contributed by atoms with van der Waals surface area (Å²) in [6.45, 7) is 3.66. The summed E-state index contributed by atoms with van der Waals surface area (Å²) in [4.78, 5) is 40.6. The molecule has 0 fully saturated rings. The van der Waals surface area contributed by atoms with E-state index >= 15 is 0 Å². The predicted molar refractivity (Wildman–Crippen MR) is 116 cm³/mol. The zero-order valence-corrected chi connectivity index (χ0v) is 17.6. The number of anilines is 1. The molecular formula is C22H23N3O4S. The van der Waals surface area contributed by atoms with E-state index in [-0.39, 0.29) is 30.6 Å². The Labute approximate surface area is 178 Å². The molecule has 8 heteroatoms. The number of hydrogen-bond acceptors (Lipinski definition) is 6. The van der Waals surface area contributed by atoms with Gasteiger partial charge in [0.15, 0.2) is 5.13 Å². The van der Waals surface area contributed by atoms with Crippen LogP contribution in [0.15, 0.2) is 47.8 Å². The van der Waals surface area contributed by atoms with E-state index in [0.717, 1.165) is 16.3 Å². The van der Waals surface area contributed by atoms with Crippen molar-refractivity contribution in [1.82, 2.24) is 10.3 Å². The van der Waals surface area contributed by atoms with E-state index in [9.17, 15) is 14.4 Å². The minimum absolute atomic E-state index is 0.0531. The van der Waals surface area contributed by atoms with E-state index in [2.05, 4.69) is 15.6 Å². The van der Waals surface area contributed by atoms with Crippen LogP contribution in [0.3, 0.4) is 0 Å². The Bertz CT molecular complexity index is 1060. The molecule has 0 aliphatic rings. The third-order valence-electron chi connectivity index (χ3n) is 4.41. The minimum Gasteiger partial charge on any atom is -0.466 e. The summed E-state index contributed by atoms with van der Waals surface area (Å²) in [5.41, 5.74) is 1.43. The van der Waals surface area contributed by atoms with E-state index in [1.54, 1.807) is 19.2 Å². The summed E-state index contributed by atoms with van der Waals surface area (Å²) in [7, 11) is 0. The molecule has 0 saturated carbocycles. The first-order chi connectivity index (χ1) is 14.5. The van der Waals surface area contributed by atoms with Gasteiger partial charge in [0.25, 0.3) is 0 Å². The van der Waals surface area contributed by atoms with Gasteiger partial charge in [0.1, 0.15) is 6.04 Å². The second kappa shape index (κ2) is 9.98. The summed E-state index contributed by atoms with van der Waals surface area (Å²) < 4.78 is 4.88. The number of thiazole rings is 1. The molecule has 0 radical (unpaired) electrons. The van der Waals surface area contributed by atoms with Crippen LogP contribution in [0.1, 0.15) is 25.1 Å². The molecule has 3 aromatic rings. The van der Waals surface area contributed by atoms with Gasteiger partial charge in [0.05, 0.1) is 25.1 Å². The maximum absolute atomic E-state index is 12.5. The number of amides is 2. The standard InChI is InChI=1S/C22H23N3O4S/c1-3-29-20(27)12-17-13-30-22(24-17)25-21(28)14(2)23-19(26)11-16-9-6-8-15-7-4-5-10-18(15)16/h4-10,13-14H,3,11-12H2,1-2H3,(H,23,26)(H,24,25,28). The van der Waals surface area contributed by atoms with Crippen LogP contribution in [0, 0.1) is 0 Å². The van der Waals surface area contributed by atoms with Gasteiger partial charge < -0.3 is 15.4 Å². The third-order valence-corrected chi connectivity index (χ3v) is 5.22. The molecule has 3 rings (SSSR count). The Morgan fingerprint density at radius 1 is 1.10 bits per heavy atom. The van der Waals surface area contributed by atoms with Gasteiger partial charge in [-0.05, 0) is 30.2 Å². The smallest absolute Gasteiger partial charge is 0.311 e. The van der Waals surface area contributed by atoms with E-state index < -0.39 is 6.04 Å². The molecule has 0 aliphatic carbocycles. The number of nitrogens with one attached hydrogen (secondary N) is 2. The third kappa shape index (κ3) is 5.64. The molecule has 0 spiro atoms. The first-order valence-electron chi connectivity index (χ1n) is 9.63. The topological polar surface area (TPSA) is 97.4 Å². The van der Waals surface area contributed by atoms with Gasteiger partial charge in [-0.3, -0.25) is 14.4 Å². The van der Waals surface area contributed by atoms with E-state index in [1.165, 1.54) is 11.3 Å². The monoisotopic (exact) mass is 425 g/mol. The summed E-state index contributed by atoms with van der Waals surface area (Å²) in [5, 5.41) is 9.53. The highest BCUT2D eigenvalue weighted by atomic mass is 32.1. The molecule has 2 aromatic carbocycles. The number of carbonyl (C=O) groups excluding carboxylic acids is 3. The normalized spacial score (nSPS) is 11.7. The number of benzene rings is 2. The molecule has 2 N–H and O–H groups in total. The molecule has 1 unspecified atom stereocenters. The second-order valence-corrected chi connectivity index (χ2v) is 7.58. The van der Waals surface area contributed by atoms with Crippen LogP contribution in [-0.4, -0.2) is 35.4 Å². The van der Waals surface area contributed by atoms with Crippen molar-refractivity contribution < 1.29 is 19.1 Å². The molecule has 30 heavy (non-hydrogen) atoms. The average Bonchev–Trinajstić information content (AvgIpc) is 3.14. The van der Waals surface area contributed by atoms with Gasteiger partial charge >= 0.3 is 5.97 Å². The number of aromatic nitrogens is 1. The van der Waals surface area contributed by atoms with Crippen LogP contribution in [-0.2, 0) is 32.0 Å². The Hall–Kier alpha value is -3.26. The molecule has 1 heterocycles. The van der Waals surface area contributed by atoms with Crippen molar-refractivity contribution in [1.29, 1.82) is 0 Å². The van der Waals surface area contributed by atoms with Crippen molar-refractivity contribution in [2.45, 2.75) is 32.7 Å². The molecule has 1 atom stereocenters. The number of hydrogen-bond donors (Lipinski definition) is 2. The number of fused-ring (bicyclic) bond motifs is 1. The Morgan fingerprint density at radius 2 is 1.87 bits per heavy atom. The fraction of sp³-hybridized carbons (Fsp3) is 0.273. The zero-order chi connectivity index (χ0) is 21.5. The number of ether oxygens (including phenoxy) is 1. The maximum Gasteiger partial charge on any atom is 0.311 e. The van der Waals surface area contributed by atoms with Crippen molar-refractivity contribution in [3.05, 3.63) is 59.1 Å². The van der Waals surface area contributed by atoms with E-state index in [0.29, 0.717) is 17.4 Å². The number of esters is 1. The molecule has 1 aromatic heterocycles. The Morgan fingerprint density at radius 3 is 2.67 bits per heavy atom. The largest absolute Gasteiger partial charge is 0.466 e. The summed E-state index contributed by atoms with van der Waals surface area (Å²) >= 11 is 1.21. The lowest BCUT2D eigenvalue weighted by Gasteiger charge is -2.13. The van der Waals surface area contributed by atoms with Crippen molar-refractivity contribution in [3.63, 3.8) is 0 Å². The second-order valence-electron chi connectivity index (χ2n) is 6.72. The van der Waals surface area contributed by atoms with Crippen LogP contribution in [0.25, 0.3) is 10.8 Å². The van der Waals surface area contributed by atoms with Crippen molar-refractivity contribution in [2.24, 2.45) is 0 Å². The van der Waals surface area contributed by atoms with Crippen LogP contribution in [0.5, 0.6) is 0 Å². The lowest BCUT2D eigenvalue weighted by Crippen LogP contribution is -2.42. The van der Waals surface area contributed by atoms with Crippen LogP contribution < -0.4 is 10.6 Å². The summed E-state index contributed by atoms with van der Waals surface area (Å²) in [6, 6.07) is 13.0. The van der Waals surface area contributed by atoms with Gasteiger partial charge in [-0.15, -0.1) is 11.3 Å². The SMILES string of the molecule is CCOC(=O)Cc1csc(NC(=O)C(C)NC(=O)Cc2cccc3ccccc23)n1. The van der Waals surface area contributed by atoms with Gasteiger partial charge in [-0.25, -0.2) is 4.98 Å². The molecule has 7 nitrogen and oxygen atoms in total. The maximum atomic E-state index is 12.5. The molecular weight excluding hydrogens is 402 g/mol. The number of nitrogens with zero attached hydrogens (tertiary/aromatic N) is 1. The quantitative estimate of drug-likeness (QED) is 0.541. The summed E-state index contributed by atoms with van der Waals surface area (Å²) in [6.07, 6.45) is 0.234. The van der Waals surface area contributed by atoms with Gasteiger partial charge in [-0.1, -0.05) is 42.5 Å². The van der Waals surface area contributed by atoms with Gasteiger partial charge in [0.2, 0.25) is 11.8 Å². The number of carbonyl (C=O) groups is 3. The highest BCUT2D eigenvalue weighted by Crippen LogP contribution is 2.19. The van der Waals surface area contributed by atoms with E-state index in [4.69, 9.17) is 4.74 Å². The fourth-order valence-electron chi connectivity index (χ4n) is 3.00. The average molecular weight is 426 g/mol. The lowest BCUT2D eigenvalue weighted by atomic mass is 10.0. The zero-order valence-electron chi connectivity index (χ0n) is 16.8. The molecule has 0 bridgehead atoms. The molecule has 0 saturated heterocycles. The Kier molecular flexibility index (Phi) is 7.13. The Balaban J connectivity index is 1.54. The highest BCUT2D eigenvalue weighted by Gasteiger charge is 2.18. The highest BCUT2D eigenvalue weighted by molar-refractivity contribution is 7.13. The van der Waals surface area contributed by atoms with Gasteiger partial charge in [-0.2, -0.15) is 0 Å². The summed E-state index contributed by atoms with van der Waals surface area (Å²) in [5.74, 6) is -0.982.